The van der Waals surface area contributed by atoms with Crippen LogP contribution in [0.3, 0.4) is 0 Å². The molecule has 0 radical (unpaired) electrons. The molecule has 23 heavy (non-hydrogen) atoms. The van der Waals surface area contributed by atoms with Gasteiger partial charge in [-0.05, 0) is 24.1 Å². The number of hydrogen-bond donors (Lipinski definition) is 0. The van der Waals surface area contributed by atoms with E-state index in [0.717, 1.165) is 5.56 Å². The van der Waals surface area contributed by atoms with Crippen molar-refractivity contribution in [3.05, 3.63) is 47.5 Å². The number of allylic oxidation sites excluding steroid dienone is 1. The minimum atomic E-state index is -0.806. The Morgan fingerprint density at radius 3 is 2.87 bits per heavy atom. The Bertz CT molecular complexity index is 610. The van der Waals surface area contributed by atoms with E-state index in [2.05, 4.69) is 6.58 Å². The molecule has 1 amide bonds. The van der Waals surface area contributed by atoms with Gasteiger partial charge in [0, 0.05) is 24.9 Å². The molecule has 1 aromatic carbocycles. The summed E-state index contributed by atoms with van der Waals surface area (Å²) in [5, 5.41) is 9.10. The summed E-state index contributed by atoms with van der Waals surface area (Å²) in [4.78, 5) is 25.7. The Morgan fingerprint density at radius 1 is 1.52 bits per heavy atom. The van der Waals surface area contributed by atoms with Gasteiger partial charge >= 0.3 is 5.97 Å². The number of esters is 1. The molecule has 122 valence electrons. The Morgan fingerprint density at radius 2 is 2.26 bits per heavy atom. The third-order valence-electron chi connectivity index (χ3n) is 3.29. The van der Waals surface area contributed by atoms with Crippen molar-refractivity contribution in [3.8, 4) is 6.07 Å². The van der Waals surface area contributed by atoms with Gasteiger partial charge in [-0.25, -0.2) is 4.79 Å². The number of halogens is 1. The number of carbonyl (C=O) groups excluding carboxylic acids is 2. The molecule has 0 spiro atoms. The summed E-state index contributed by atoms with van der Waals surface area (Å²) in [5.41, 5.74) is 0.805. The van der Waals surface area contributed by atoms with Crippen molar-refractivity contribution < 1.29 is 14.3 Å². The van der Waals surface area contributed by atoms with E-state index in [1.165, 1.54) is 4.90 Å². The number of hydrogen-bond acceptors (Lipinski definition) is 4. The zero-order valence-corrected chi connectivity index (χ0v) is 13.8. The highest BCUT2D eigenvalue weighted by Gasteiger charge is 2.28. The normalized spacial score (nSPS) is 11.2. The highest BCUT2D eigenvalue weighted by atomic mass is 35.5. The van der Waals surface area contributed by atoms with E-state index in [4.69, 9.17) is 21.6 Å². The first kappa shape index (κ1) is 18.7. The van der Waals surface area contributed by atoms with Gasteiger partial charge in [-0.1, -0.05) is 29.8 Å². The highest BCUT2D eigenvalue weighted by Crippen LogP contribution is 2.16. The standard InChI is InChI=1S/C17H19ClN2O3/c1-3-4-8-16(21)20(2)15(17(22)23-10-9-19)12-13-6-5-7-14(18)11-13/h3,5-7,11,15H,1,4,8,10,12H2,2H3. The molecule has 1 rings (SSSR count). The average Bonchev–Trinajstić information content (AvgIpc) is 2.54. The molecule has 0 fully saturated rings. The maximum atomic E-state index is 12.2. The molecule has 0 saturated heterocycles. The molecule has 0 aromatic heterocycles. The highest BCUT2D eigenvalue weighted by molar-refractivity contribution is 6.30. The number of rotatable bonds is 8. The second-order valence-corrected chi connectivity index (χ2v) is 5.38. The van der Waals surface area contributed by atoms with E-state index >= 15 is 0 Å². The number of nitriles is 1. The van der Waals surface area contributed by atoms with Gasteiger partial charge < -0.3 is 9.64 Å². The fraction of sp³-hybridized carbons (Fsp3) is 0.353. The Kier molecular flexibility index (Phi) is 7.86. The first-order valence-corrected chi connectivity index (χ1v) is 7.52. The summed E-state index contributed by atoms with van der Waals surface area (Å²) < 4.78 is 4.88. The molecule has 0 aliphatic heterocycles. The van der Waals surface area contributed by atoms with Crippen molar-refractivity contribution in [1.29, 1.82) is 5.26 Å². The van der Waals surface area contributed by atoms with Gasteiger partial charge in [0.2, 0.25) is 5.91 Å². The fourth-order valence-corrected chi connectivity index (χ4v) is 2.25. The average molecular weight is 335 g/mol. The summed E-state index contributed by atoms with van der Waals surface area (Å²) in [6.45, 7) is 3.23. The Hall–Kier alpha value is -2.32. The van der Waals surface area contributed by atoms with E-state index in [-0.39, 0.29) is 25.4 Å². The molecule has 0 saturated carbocycles. The Labute approximate surface area is 141 Å². The molecule has 0 aliphatic carbocycles. The zero-order chi connectivity index (χ0) is 17.2. The molecule has 1 aromatic rings. The number of benzene rings is 1. The van der Waals surface area contributed by atoms with E-state index in [0.29, 0.717) is 11.4 Å². The zero-order valence-electron chi connectivity index (χ0n) is 13.0. The molecule has 5 nitrogen and oxygen atoms in total. The predicted molar refractivity (Wildman–Crippen MR) is 87.7 cm³/mol. The van der Waals surface area contributed by atoms with Crippen LogP contribution < -0.4 is 0 Å². The minimum Gasteiger partial charge on any atom is -0.449 e. The van der Waals surface area contributed by atoms with E-state index in [1.54, 1.807) is 37.4 Å². The van der Waals surface area contributed by atoms with Crippen molar-refractivity contribution in [2.75, 3.05) is 13.7 Å². The summed E-state index contributed by atoms with van der Waals surface area (Å²) in [5.74, 6) is -0.799. The van der Waals surface area contributed by atoms with Crippen molar-refractivity contribution in [2.24, 2.45) is 0 Å². The molecule has 0 heterocycles. The van der Waals surface area contributed by atoms with Gasteiger partial charge in [0.25, 0.3) is 0 Å². The molecule has 0 N–H and O–H groups in total. The lowest BCUT2D eigenvalue weighted by Crippen LogP contribution is -2.44. The third kappa shape index (κ3) is 6.13. The van der Waals surface area contributed by atoms with Crippen LogP contribution in [-0.2, 0) is 20.7 Å². The second-order valence-electron chi connectivity index (χ2n) is 4.95. The van der Waals surface area contributed by atoms with Crippen LogP contribution in [0.4, 0.5) is 0 Å². The van der Waals surface area contributed by atoms with Crippen LogP contribution in [0.25, 0.3) is 0 Å². The number of ether oxygens (including phenoxy) is 1. The quantitative estimate of drug-likeness (QED) is 0.541. The van der Waals surface area contributed by atoms with Crippen molar-refractivity contribution >= 4 is 23.5 Å². The number of carbonyl (C=O) groups is 2. The van der Waals surface area contributed by atoms with Crippen LogP contribution >= 0.6 is 11.6 Å². The molecular formula is C17H19ClN2O3. The van der Waals surface area contributed by atoms with E-state index in [9.17, 15) is 9.59 Å². The van der Waals surface area contributed by atoms with Crippen LogP contribution in [0.5, 0.6) is 0 Å². The third-order valence-corrected chi connectivity index (χ3v) is 3.53. The molecule has 0 bridgehead atoms. The predicted octanol–water partition coefficient (Wildman–Crippen LogP) is 2.74. The first-order chi connectivity index (χ1) is 11.0. The van der Waals surface area contributed by atoms with Gasteiger partial charge in [-0.2, -0.15) is 5.26 Å². The smallest absolute Gasteiger partial charge is 0.330 e. The largest absolute Gasteiger partial charge is 0.449 e. The summed E-state index contributed by atoms with van der Waals surface area (Å²) in [6.07, 6.45) is 2.70. The van der Waals surface area contributed by atoms with Crippen LogP contribution in [-0.4, -0.2) is 36.5 Å². The summed E-state index contributed by atoms with van der Waals surface area (Å²) >= 11 is 5.95. The number of nitrogens with zero attached hydrogens (tertiary/aromatic N) is 2. The fourth-order valence-electron chi connectivity index (χ4n) is 2.04. The van der Waals surface area contributed by atoms with Crippen LogP contribution in [0.2, 0.25) is 5.02 Å². The Balaban J connectivity index is 2.92. The van der Waals surface area contributed by atoms with Crippen LogP contribution in [0.15, 0.2) is 36.9 Å². The van der Waals surface area contributed by atoms with Crippen LogP contribution in [0, 0.1) is 11.3 Å². The first-order valence-electron chi connectivity index (χ1n) is 7.14. The monoisotopic (exact) mass is 334 g/mol. The molecule has 6 heteroatoms. The SMILES string of the molecule is C=CCCC(=O)N(C)C(Cc1cccc(Cl)c1)C(=O)OCC#N. The maximum absolute atomic E-state index is 12.2. The molecule has 1 atom stereocenters. The maximum Gasteiger partial charge on any atom is 0.330 e. The number of likely N-dealkylation sites (N-methyl/N-ethyl adjacent to an activating group) is 1. The van der Waals surface area contributed by atoms with E-state index in [1.807, 2.05) is 6.07 Å². The van der Waals surface area contributed by atoms with Gasteiger partial charge in [0.05, 0.1) is 0 Å². The van der Waals surface area contributed by atoms with E-state index < -0.39 is 12.0 Å². The molecule has 1 unspecified atom stereocenters. The molecule has 0 aliphatic rings. The van der Waals surface area contributed by atoms with Crippen molar-refractivity contribution in [1.82, 2.24) is 4.90 Å². The lowest BCUT2D eigenvalue weighted by atomic mass is 10.0. The van der Waals surface area contributed by atoms with Crippen molar-refractivity contribution in [2.45, 2.75) is 25.3 Å². The molecular weight excluding hydrogens is 316 g/mol. The van der Waals surface area contributed by atoms with Crippen LogP contribution in [0.1, 0.15) is 18.4 Å². The lowest BCUT2D eigenvalue weighted by Gasteiger charge is -2.26. The van der Waals surface area contributed by atoms with Gasteiger partial charge in [0.15, 0.2) is 6.61 Å². The summed E-state index contributed by atoms with van der Waals surface area (Å²) in [7, 11) is 1.55. The topological polar surface area (TPSA) is 70.4 Å². The minimum absolute atomic E-state index is 0.189. The summed E-state index contributed by atoms with van der Waals surface area (Å²) in [6, 6.07) is 7.99. The van der Waals surface area contributed by atoms with Gasteiger partial charge in [0.1, 0.15) is 12.1 Å². The second kappa shape index (κ2) is 9.65. The number of amides is 1. The van der Waals surface area contributed by atoms with Gasteiger partial charge in [-0.3, -0.25) is 4.79 Å². The lowest BCUT2D eigenvalue weighted by molar-refractivity contribution is -0.153. The van der Waals surface area contributed by atoms with Gasteiger partial charge in [-0.15, -0.1) is 6.58 Å². The van der Waals surface area contributed by atoms with Crippen molar-refractivity contribution in [3.63, 3.8) is 0 Å².